The summed E-state index contributed by atoms with van der Waals surface area (Å²) in [4.78, 5) is 24.2. The Labute approximate surface area is 127 Å². The Morgan fingerprint density at radius 3 is 2.73 bits per heavy atom. The molecule has 2 N–H and O–H groups in total. The van der Waals surface area contributed by atoms with Crippen LogP contribution < -0.4 is 10.6 Å². The van der Waals surface area contributed by atoms with Gasteiger partial charge >= 0.3 is 0 Å². The molecule has 0 aliphatic carbocycles. The maximum atomic E-state index is 12.2. The van der Waals surface area contributed by atoms with Gasteiger partial charge in [-0.3, -0.25) is 9.59 Å². The average Bonchev–Trinajstić information content (AvgIpc) is 2.84. The Morgan fingerprint density at radius 1 is 1.18 bits per heavy atom. The van der Waals surface area contributed by atoms with Crippen LogP contribution in [0.4, 0.5) is 11.4 Å². The number of anilines is 2. The molecule has 5 heteroatoms. The number of para-hydroxylation sites is 2. The molecular weight excluding hydrogens is 278 g/mol. The first-order valence-corrected chi connectivity index (χ1v) is 6.88. The third-order valence-corrected chi connectivity index (χ3v) is 3.62. The van der Waals surface area contributed by atoms with Crippen molar-refractivity contribution in [2.45, 2.75) is 12.3 Å². The molecule has 0 saturated heterocycles. The second kappa shape index (κ2) is 5.70. The summed E-state index contributed by atoms with van der Waals surface area (Å²) in [6.07, 6.45) is 0.0443. The molecule has 0 aromatic heterocycles. The first-order chi connectivity index (χ1) is 10.7. The van der Waals surface area contributed by atoms with Crippen LogP contribution in [0, 0.1) is 11.3 Å². The largest absolute Gasteiger partial charge is 0.325 e. The van der Waals surface area contributed by atoms with Crippen molar-refractivity contribution in [1.29, 1.82) is 5.26 Å². The van der Waals surface area contributed by atoms with Gasteiger partial charge in [0, 0.05) is 12.1 Å². The lowest BCUT2D eigenvalue weighted by atomic mass is 9.97. The molecule has 0 spiro atoms. The maximum absolute atomic E-state index is 12.2. The molecule has 1 unspecified atom stereocenters. The highest BCUT2D eigenvalue weighted by Crippen LogP contribution is 2.34. The molecule has 0 saturated carbocycles. The lowest BCUT2D eigenvalue weighted by Crippen LogP contribution is -2.20. The van der Waals surface area contributed by atoms with Gasteiger partial charge in [-0.15, -0.1) is 0 Å². The summed E-state index contributed by atoms with van der Waals surface area (Å²) >= 11 is 0. The molecule has 5 nitrogen and oxygen atoms in total. The van der Waals surface area contributed by atoms with Crippen LogP contribution in [0.2, 0.25) is 0 Å². The zero-order valence-electron chi connectivity index (χ0n) is 11.7. The van der Waals surface area contributed by atoms with Gasteiger partial charge in [-0.1, -0.05) is 30.3 Å². The van der Waals surface area contributed by atoms with Crippen LogP contribution in [0.15, 0.2) is 48.5 Å². The molecule has 108 valence electrons. The SMILES string of the molecule is N#Cc1ccccc1NC(=O)CC1C(=O)Nc2ccccc21. The van der Waals surface area contributed by atoms with Crippen molar-refractivity contribution in [2.24, 2.45) is 0 Å². The monoisotopic (exact) mass is 291 g/mol. The number of nitrogens with one attached hydrogen (secondary N) is 2. The lowest BCUT2D eigenvalue weighted by molar-refractivity contribution is -0.122. The minimum absolute atomic E-state index is 0.0443. The third-order valence-electron chi connectivity index (χ3n) is 3.62. The molecule has 2 aromatic rings. The number of hydrogen-bond donors (Lipinski definition) is 2. The van der Waals surface area contributed by atoms with E-state index in [4.69, 9.17) is 5.26 Å². The highest BCUT2D eigenvalue weighted by molar-refractivity contribution is 6.06. The molecule has 0 bridgehead atoms. The standard InChI is InChI=1S/C17H13N3O2/c18-10-11-5-1-3-7-14(11)19-16(21)9-13-12-6-2-4-8-15(12)20-17(13)22/h1-8,13H,9H2,(H,19,21)(H,20,22). The van der Waals surface area contributed by atoms with Crippen molar-refractivity contribution in [3.8, 4) is 6.07 Å². The molecule has 22 heavy (non-hydrogen) atoms. The first-order valence-electron chi connectivity index (χ1n) is 6.88. The van der Waals surface area contributed by atoms with Gasteiger partial charge in [0.15, 0.2) is 0 Å². The highest BCUT2D eigenvalue weighted by Gasteiger charge is 2.31. The predicted molar refractivity (Wildman–Crippen MR) is 82.2 cm³/mol. The Hall–Kier alpha value is -3.13. The Morgan fingerprint density at radius 2 is 1.91 bits per heavy atom. The van der Waals surface area contributed by atoms with Crippen LogP contribution in [0.3, 0.4) is 0 Å². The van der Waals surface area contributed by atoms with E-state index >= 15 is 0 Å². The van der Waals surface area contributed by atoms with Gasteiger partial charge in [0.2, 0.25) is 11.8 Å². The molecule has 2 aromatic carbocycles. The Bertz CT molecular complexity index is 792. The number of carbonyl (C=O) groups excluding carboxylic acids is 2. The second-order valence-electron chi connectivity index (χ2n) is 5.04. The van der Waals surface area contributed by atoms with Crippen molar-refractivity contribution in [3.63, 3.8) is 0 Å². The molecule has 3 rings (SSSR count). The summed E-state index contributed by atoms with van der Waals surface area (Å²) in [5, 5.41) is 14.5. The summed E-state index contributed by atoms with van der Waals surface area (Å²) in [7, 11) is 0. The van der Waals surface area contributed by atoms with E-state index in [0.29, 0.717) is 11.3 Å². The van der Waals surface area contributed by atoms with E-state index in [-0.39, 0.29) is 18.2 Å². The number of nitrogens with zero attached hydrogens (tertiary/aromatic N) is 1. The zero-order chi connectivity index (χ0) is 15.5. The van der Waals surface area contributed by atoms with Gasteiger partial charge in [0.05, 0.1) is 17.2 Å². The zero-order valence-corrected chi connectivity index (χ0v) is 11.7. The smallest absolute Gasteiger partial charge is 0.232 e. The average molecular weight is 291 g/mol. The second-order valence-corrected chi connectivity index (χ2v) is 5.04. The molecule has 1 aliphatic heterocycles. The normalized spacial score (nSPS) is 15.6. The van der Waals surface area contributed by atoms with E-state index < -0.39 is 5.92 Å². The number of amides is 2. The Kier molecular flexibility index (Phi) is 3.58. The molecular formula is C17H13N3O2. The number of hydrogen-bond acceptors (Lipinski definition) is 3. The van der Waals surface area contributed by atoms with Gasteiger partial charge in [0.25, 0.3) is 0 Å². The van der Waals surface area contributed by atoms with E-state index in [9.17, 15) is 9.59 Å². The molecule has 2 amide bonds. The minimum Gasteiger partial charge on any atom is -0.325 e. The van der Waals surface area contributed by atoms with Crippen molar-refractivity contribution in [3.05, 3.63) is 59.7 Å². The van der Waals surface area contributed by atoms with Crippen LogP contribution in [-0.2, 0) is 9.59 Å². The summed E-state index contributed by atoms with van der Waals surface area (Å²) in [6.45, 7) is 0. The fourth-order valence-corrected chi connectivity index (χ4v) is 2.55. The van der Waals surface area contributed by atoms with E-state index in [1.165, 1.54) is 0 Å². The summed E-state index contributed by atoms with van der Waals surface area (Å²) in [5.74, 6) is -0.963. The summed E-state index contributed by atoms with van der Waals surface area (Å²) < 4.78 is 0. The van der Waals surface area contributed by atoms with Gasteiger partial charge < -0.3 is 10.6 Å². The fraction of sp³-hybridized carbons (Fsp3) is 0.118. The van der Waals surface area contributed by atoms with Crippen LogP contribution in [-0.4, -0.2) is 11.8 Å². The lowest BCUT2D eigenvalue weighted by Gasteiger charge is -2.10. The van der Waals surface area contributed by atoms with Crippen LogP contribution in [0.1, 0.15) is 23.5 Å². The Balaban J connectivity index is 1.75. The number of fused-ring (bicyclic) bond motifs is 1. The van der Waals surface area contributed by atoms with E-state index in [1.54, 1.807) is 24.3 Å². The number of nitriles is 1. The maximum Gasteiger partial charge on any atom is 0.232 e. The van der Waals surface area contributed by atoms with E-state index in [2.05, 4.69) is 10.6 Å². The van der Waals surface area contributed by atoms with E-state index in [1.807, 2.05) is 30.3 Å². The number of benzene rings is 2. The van der Waals surface area contributed by atoms with Crippen molar-refractivity contribution < 1.29 is 9.59 Å². The topological polar surface area (TPSA) is 82.0 Å². The quantitative estimate of drug-likeness (QED) is 0.912. The third kappa shape index (κ3) is 2.54. The van der Waals surface area contributed by atoms with Crippen LogP contribution >= 0.6 is 0 Å². The van der Waals surface area contributed by atoms with Gasteiger partial charge in [-0.2, -0.15) is 5.26 Å². The van der Waals surface area contributed by atoms with Gasteiger partial charge in [-0.05, 0) is 23.8 Å². The number of carbonyl (C=O) groups is 2. The molecule has 1 heterocycles. The minimum atomic E-state index is -0.495. The van der Waals surface area contributed by atoms with E-state index in [0.717, 1.165) is 11.3 Å². The number of rotatable bonds is 3. The van der Waals surface area contributed by atoms with Crippen LogP contribution in [0.5, 0.6) is 0 Å². The first kappa shape index (κ1) is 13.8. The summed E-state index contributed by atoms with van der Waals surface area (Å²) in [5.41, 5.74) is 2.44. The van der Waals surface area contributed by atoms with Crippen LogP contribution in [0.25, 0.3) is 0 Å². The molecule has 0 fully saturated rings. The van der Waals surface area contributed by atoms with Crippen molar-refractivity contribution in [2.75, 3.05) is 10.6 Å². The molecule has 1 aliphatic rings. The molecule has 1 atom stereocenters. The molecule has 0 radical (unpaired) electrons. The van der Waals surface area contributed by atoms with Crippen molar-refractivity contribution in [1.82, 2.24) is 0 Å². The van der Waals surface area contributed by atoms with Crippen molar-refractivity contribution >= 4 is 23.2 Å². The highest BCUT2D eigenvalue weighted by atomic mass is 16.2. The van der Waals surface area contributed by atoms with Gasteiger partial charge in [-0.25, -0.2) is 0 Å². The summed E-state index contributed by atoms with van der Waals surface area (Å²) in [6, 6.07) is 16.1. The fourth-order valence-electron chi connectivity index (χ4n) is 2.55. The predicted octanol–water partition coefficient (Wildman–Crippen LogP) is 2.62. The van der Waals surface area contributed by atoms with Gasteiger partial charge in [0.1, 0.15) is 6.07 Å².